The van der Waals surface area contributed by atoms with E-state index in [0.29, 0.717) is 0 Å². The van der Waals surface area contributed by atoms with Crippen molar-refractivity contribution in [3.8, 4) is 0 Å². The van der Waals surface area contributed by atoms with Gasteiger partial charge in [0.1, 0.15) is 5.38 Å². The van der Waals surface area contributed by atoms with Crippen LogP contribution in [0.15, 0.2) is 0 Å². The van der Waals surface area contributed by atoms with Crippen LogP contribution in [-0.2, 0) is 4.79 Å². The Morgan fingerprint density at radius 1 is 1.56 bits per heavy atom. The van der Waals surface area contributed by atoms with Crippen molar-refractivity contribution in [2.24, 2.45) is 5.73 Å². The smallest absolute Gasteiger partial charge is 0.237 e. The number of carbonyl (C=O) groups is 1. The van der Waals surface area contributed by atoms with Gasteiger partial charge < -0.3 is 5.73 Å². The number of halogens is 3. The highest BCUT2D eigenvalue weighted by Crippen LogP contribution is 2.10. The Kier molecular flexibility index (Phi) is 4.36. The van der Waals surface area contributed by atoms with Crippen LogP contribution in [0.2, 0.25) is 0 Å². The maximum absolute atomic E-state index is 10.2. The number of rotatable bonds is 3. The van der Waals surface area contributed by atoms with E-state index in [9.17, 15) is 4.79 Å². The number of carbonyl (C=O) groups excluding carboxylic acids is 1. The molecule has 0 aromatic heterocycles. The lowest BCUT2D eigenvalue weighted by Gasteiger charge is -2.07. The molecule has 0 heterocycles. The molecule has 2 nitrogen and oxygen atoms in total. The molecule has 5 heteroatoms. The highest BCUT2D eigenvalue weighted by atomic mass is 35.5. The molecule has 0 unspecified atom stereocenters. The molecule has 1 amide bonds. The molecule has 0 aliphatic carbocycles. The van der Waals surface area contributed by atoms with Gasteiger partial charge in [-0.1, -0.05) is 0 Å². The predicted octanol–water partition coefficient (Wildman–Crippen LogP) is 0.925. The van der Waals surface area contributed by atoms with Crippen LogP contribution in [0.25, 0.3) is 0 Å². The number of hydrogen-bond acceptors (Lipinski definition) is 1. The summed E-state index contributed by atoms with van der Waals surface area (Å²) in [5, 5.41) is -1.45. The van der Waals surface area contributed by atoms with Gasteiger partial charge in [0, 0.05) is 5.88 Å². The quantitative estimate of drug-likeness (QED) is 0.661. The van der Waals surface area contributed by atoms with Crippen LogP contribution in [0.4, 0.5) is 0 Å². The molecule has 0 bridgehead atoms. The third-order valence-electron chi connectivity index (χ3n) is 0.737. The lowest BCUT2D eigenvalue weighted by atomic mass is 10.3. The molecular weight excluding hydrogens is 184 g/mol. The van der Waals surface area contributed by atoms with Crippen LogP contribution in [0, 0.1) is 0 Å². The van der Waals surface area contributed by atoms with Crippen molar-refractivity contribution in [1.82, 2.24) is 0 Å². The van der Waals surface area contributed by atoms with Gasteiger partial charge in [0.25, 0.3) is 0 Å². The van der Waals surface area contributed by atoms with Gasteiger partial charge in [-0.15, -0.1) is 34.8 Å². The molecule has 0 radical (unpaired) electrons. The summed E-state index contributed by atoms with van der Waals surface area (Å²) >= 11 is 16.1. The lowest BCUT2D eigenvalue weighted by molar-refractivity contribution is -0.117. The Morgan fingerprint density at radius 2 is 2.00 bits per heavy atom. The largest absolute Gasteiger partial charge is 0.368 e. The minimum atomic E-state index is -0.871. The molecule has 2 atom stereocenters. The topological polar surface area (TPSA) is 43.1 Å². The van der Waals surface area contributed by atoms with Crippen LogP contribution >= 0.6 is 34.8 Å². The molecule has 54 valence electrons. The Labute approximate surface area is 68.2 Å². The summed E-state index contributed by atoms with van der Waals surface area (Å²) in [6.07, 6.45) is 0. The minimum Gasteiger partial charge on any atom is -0.368 e. The number of amides is 1. The van der Waals surface area contributed by atoms with Gasteiger partial charge in [-0.3, -0.25) is 4.79 Å². The first kappa shape index (κ1) is 9.34. The van der Waals surface area contributed by atoms with E-state index in [1.807, 2.05) is 0 Å². The summed E-state index contributed by atoms with van der Waals surface area (Å²) in [5.74, 6) is -0.518. The molecule has 9 heavy (non-hydrogen) atoms. The summed E-state index contributed by atoms with van der Waals surface area (Å²) in [6.45, 7) is 0. The van der Waals surface area contributed by atoms with E-state index >= 15 is 0 Å². The highest BCUT2D eigenvalue weighted by Gasteiger charge is 2.20. The zero-order valence-corrected chi connectivity index (χ0v) is 6.75. The normalized spacial score (nSPS) is 16.8. The van der Waals surface area contributed by atoms with Gasteiger partial charge in [0.15, 0.2) is 0 Å². The number of alkyl halides is 3. The average molecular weight is 190 g/mol. The second kappa shape index (κ2) is 4.20. The van der Waals surface area contributed by atoms with Gasteiger partial charge in [0.05, 0.1) is 5.38 Å². The molecule has 0 aliphatic rings. The lowest BCUT2D eigenvalue weighted by Crippen LogP contribution is -2.32. The maximum atomic E-state index is 10.2. The van der Waals surface area contributed by atoms with E-state index in [0.717, 1.165) is 0 Å². The molecule has 0 aromatic carbocycles. The van der Waals surface area contributed by atoms with Gasteiger partial charge in [-0.05, 0) is 0 Å². The molecule has 0 fully saturated rings. The summed E-state index contributed by atoms with van der Waals surface area (Å²) in [7, 11) is 0. The Balaban J connectivity index is 3.72. The van der Waals surface area contributed by atoms with E-state index in [1.54, 1.807) is 0 Å². The summed E-state index contributed by atoms with van der Waals surface area (Å²) in [5.41, 5.74) is 4.80. The fourth-order valence-electron chi connectivity index (χ4n) is 0.256. The first-order valence-electron chi connectivity index (χ1n) is 2.23. The molecule has 0 saturated heterocycles. The second-order valence-corrected chi connectivity index (χ2v) is 2.81. The second-order valence-electron chi connectivity index (χ2n) is 1.47. The zero-order chi connectivity index (χ0) is 7.44. The zero-order valence-electron chi connectivity index (χ0n) is 4.48. The molecule has 2 N–H and O–H groups in total. The van der Waals surface area contributed by atoms with Crippen molar-refractivity contribution < 1.29 is 4.79 Å². The van der Waals surface area contributed by atoms with Crippen molar-refractivity contribution in [2.75, 3.05) is 5.88 Å². The van der Waals surface area contributed by atoms with Crippen LogP contribution in [-0.4, -0.2) is 22.5 Å². The Bertz CT molecular complexity index is 108. The van der Waals surface area contributed by atoms with E-state index < -0.39 is 16.7 Å². The maximum Gasteiger partial charge on any atom is 0.237 e. The van der Waals surface area contributed by atoms with Gasteiger partial charge in [-0.25, -0.2) is 0 Å². The fraction of sp³-hybridized carbons (Fsp3) is 0.750. The van der Waals surface area contributed by atoms with Crippen molar-refractivity contribution in [2.45, 2.75) is 10.8 Å². The number of hydrogen-bond donors (Lipinski definition) is 1. The van der Waals surface area contributed by atoms with Gasteiger partial charge in [-0.2, -0.15) is 0 Å². The third-order valence-corrected chi connectivity index (χ3v) is 2.28. The fourth-order valence-corrected chi connectivity index (χ4v) is 0.739. The van der Waals surface area contributed by atoms with Crippen molar-refractivity contribution in [1.29, 1.82) is 0 Å². The Hall–Kier alpha value is 0.340. The molecule has 0 aliphatic heterocycles. The summed E-state index contributed by atoms with van der Waals surface area (Å²) in [6, 6.07) is 0. The summed E-state index contributed by atoms with van der Waals surface area (Å²) < 4.78 is 0. The standard InChI is InChI=1S/C4H6Cl3NO/c5-1-2(6)3(7)4(8)9/h2-3H,1H2,(H2,8,9)/t2-,3+/m1/s1. The van der Waals surface area contributed by atoms with Gasteiger partial charge in [0.2, 0.25) is 5.91 Å². The van der Waals surface area contributed by atoms with Crippen molar-refractivity contribution >= 4 is 40.7 Å². The van der Waals surface area contributed by atoms with Crippen molar-refractivity contribution in [3.05, 3.63) is 0 Å². The monoisotopic (exact) mass is 189 g/mol. The van der Waals surface area contributed by atoms with E-state index in [2.05, 4.69) is 0 Å². The molecule has 0 rings (SSSR count). The average Bonchev–Trinajstić information content (AvgIpc) is 1.84. The number of primary amides is 1. The van der Waals surface area contributed by atoms with Crippen molar-refractivity contribution in [3.63, 3.8) is 0 Å². The van der Waals surface area contributed by atoms with Crippen LogP contribution in [0.1, 0.15) is 0 Å². The minimum absolute atomic E-state index is 0.124. The molecular formula is C4H6Cl3NO. The number of nitrogens with two attached hydrogens (primary N) is 1. The van der Waals surface area contributed by atoms with E-state index in [4.69, 9.17) is 40.5 Å². The predicted molar refractivity (Wildman–Crippen MR) is 39.2 cm³/mol. The first-order chi connectivity index (χ1) is 4.09. The first-order valence-corrected chi connectivity index (χ1v) is 3.63. The van der Waals surface area contributed by atoms with Crippen LogP contribution in [0.5, 0.6) is 0 Å². The molecule has 0 aromatic rings. The SMILES string of the molecule is NC(=O)[C@@H](Cl)[C@H](Cl)CCl. The molecule has 0 saturated carbocycles. The van der Waals surface area contributed by atoms with Gasteiger partial charge >= 0.3 is 0 Å². The Morgan fingerprint density at radius 3 is 2.11 bits per heavy atom. The van der Waals surface area contributed by atoms with Crippen LogP contribution in [0.3, 0.4) is 0 Å². The van der Waals surface area contributed by atoms with E-state index in [-0.39, 0.29) is 5.88 Å². The highest BCUT2D eigenvalue weighted by molar-refractivity contribution is 6.39. The summed E-state index contributed by atoms with van der Waals surface area (Å²) in [4.78, 5) is 10.2. The third kappa shape index (κ3) is 3.14. The molecule has 0 spiro atoms. The van der Waals surface area contributed by atoms with E-state index in [1.165, 1.54) is 0 Å². The van der Waals surface area contributed by atoms with Crippen LogP contribution < -0.4 is 5.73 Å².